The van der Waals surface area contributed by atoms with E-state index in [9.17, 15) is 29.1 Å². The number of carboxylic acid groups (broad SMARTS) is 1. The Balaban J connectivity index is 2.08. The predicted octanol–water partition coefficient (Wildman–Crippen LogP) is -0.823. The molecular formula is C21H35N5O6. The summed E-state index contributed by atoms with van der Waals surface area (Å²) in [6.45, 7) is 4.34. The summed E-state index contributed by atoms with van der Waals surface area (Å²) in [6.07, 6.45) is 2.81. The van der Waals surface area contributed by atoms with Gasteiger partial charge in [-0.05, 0) is 38.0 Å². The van der Waals surface area contributed by atoms with Crippen LogP contribution in [-0.4, -0.2) is 81.8 Å². The van der Waals surface area contributed by atoms with E-state index in [-0.39, 0.29) is 24.7 Å². The summed E-state index contributed by atoms with van der Waals surface area (Å²) in [5.41, 5.74) is 11.0. The molecule has 5 atom stereocenters. The maximum Gasteiger partial charge on any atom is 0.326 e. The van der Waals surface area contributed by atoms with Crippen LogP contribution in [-0.2, 0) is 24.0 Å². The van der Waals surface area contributed by atoms with Crippen molar-refractivity contribution in [2.75, 3.05) is 13.1 Å². The molecule has 0 bridgehead atoms. The molecule has 32 heavy (non-hydrogen) atoms. The summed E-state index contributed by atoms with van der Waals surface area (Å²) in [4.78, 5) is 64.4. The number of hydrogen-bond donors (Lipinski definition) is 4. The number of rotatable bonds is 10. The highest BCUT2D eigenvalue weighted by atomic mass is 16.4. The number of primary amides is 1. The van der Waals surface area contributed by atoms with Gasteiger partial charge in [0.15, 0.2) is 0 Å². The minimum Gasteiger partial charge on any atom is -0.480 e. The number of hydrogen-bond acceptors (Lipinski definition) is 6. The van der Waals surface area contributed by atoms with E-state index in [4.69, 9.17) is 11.5 Å². The zero-order valence-corrected chi connectivity index (χ0v) is 18.8. The lowest BCUT2D eigenvalue weighted by Gasteiger charge is -2.32. The number of carbonyl (C=O) groups excluding carboxylic acids is 4. The first kappa shape index (κ1) is 25.6. The SMILES string of the molecule is CCC(C)C(NC(=O)C1CCCN1C(=O)C1CCCN1C(=O)C(N)CCC(N)=O)C(=O)O. The second-order valence-electron chi connectivity index (χ2n) is 8.70. The average Bonchev–Trinajstić information content (AvgIpc) is 3.43. The fourth-order valence-corrected chi connectivity index (χ4v) is 4.35. The number of nitrogens with two attached hydrogens (primary N) is 2. The van der Waals surface area contributed by atoms with Crippen LogP contribution in [0.1, 0.15) is 58.8 Å². The van der Waals surface area contributed by atoms with E-state index >= 15 is 0 Å². The Labute approximate surface area is 187 Å². The number of amides is 4. The number of likely N-dealkylation sites (tertiary alicyclic amines) is 2. The minimum atomic E-state index is -1.11. The molecule has 0 aliphatic carbocycles. The highest BCUT2D eigenvalue weighted by Gasteiger charge is 2.43. The van der Waals surface area contributed by atoms with Gasteiger partial charge in [0.1, 0.15) is 18.1 Å². The van der Waals surface area contributed by atoms with Gasteiger partial charge in [0, 0.05) is 19.5 Å². The van der Waals surface area contributed by atoms with Crippen molar-refractivity contribution in [3.8, 4) is 0 Å². The maximum atomic E-state index is 13.3. The molecule has 0 spiro atoms. The van der Waals surface area contributed by atoms with Gasteiger partial charge in [-0.15, -0.1) is 0 Å². The first-order valence-electron chi connectivity index (χ1n) is 11.3. The number of carboxylic acids is 1. The molecule has 2 saturated heterocycles. The normalized spacial score (nSPS) is 23.5. The van der Waals surface area contributed by atoms with Gasteiger partial charge in [0.05, 0.1) is 6.04 Å². The molecule has 0 saturated carbocycles. The van der Waals surface area contributed by atoms with Crippen LogP contribution in [0, 0.1) is 5.92 Å². The van der Waals surface area contributed by atoms with Crippen LogP contribution in [0.4, 0.5) is 0 Å². The zero-order chi connectivity index (χ0) is 24.0. The van der Waals surface area contributed by atoms with Gasteiger partial charge in [-0.1, -0.05) is 20.3 Å². The monoisotopic (exact) mass is 453 g/mol. The van der Waals surface area contributed by atoms with E-state index in [0.29, 0.717) is 45.2 Å². The Hall–Kier alpha value is -2.69. The van der Waals surface area contributed by atoms with Gasteiger partial charge in [0.25, 0.3) is 0 Å². The molecule has 2 fully saturated rings. The van der Waals surface area contributed by atoms with Crippen LogP contribution < -0.4 is 16.8 Å². The number of nitrogens with one attached hydrogen (secondary N) is 1. The van der Waals surface area contributed by atoms with Crippen LogP contribution in [0.3, 0.4) is 0 Å². The van der Waals surface area contributed by atoms with Gasteiger partial charge in [-0.25, -0.2) is 4.79 Å². The van der Waals surface area contributed by atoms with Gasteiger partial charge in [-0.2, -0.15) is 0 Å². The van der Waals surface area contributed by atoms with Gasteiger partial charge < -0.3 is 31.7 Å². The summed E-state index contributed by atoms with van der Waals surface area (Å²) in [7, 11) is 0. The Morgan fingerprint density at radius 3 is 2.22 bits per heavy atom. The van der Waals surface area contributed by atoms with Crippen LogP contribution in [0.2, 0.25) is 0 Å². The van der Waals surface area contributed by atoms with Crippen molar-refractivity contribution in [3.05, 3.63) is 0 Å². The quantitative estimate of drug-likeness (QED) is 0.334. The highest BCUT2D eigenvalue weighted by Crippen LogP contribution is 2.26. The third kappa shape index (κ3) is 5.96. The molecule has 2 rings (SSSR count). The molecule has 11 nitrogen and oxygen atoms in total. The largest absolute Gasteiger partial charge is 0.480 e. The molecule has 6 N–H and O–H groups in total. The highest BCUT2D eigenvalue weighted by molar-refractivity contribution is 5.95. The van der Waals surface area contributed by atoms with E-state index in [2.05, 4.69) is 5.32 Å². The lowest BCUT2D eigenvalue weighted by Crippen LogP contribution is -2.57. The predicted molar refractivity (Wildman–Crippen MR) is 115 cm³/mol. The molecule has 11 heteroatoms. The second kappa shape index (κ2) is 11.3. The van der Waals surface area contributed by atoms with E-state index < -0.39 is 47.9 Å². The molecule has 0 aromatic rings. The topological polar surface area (TPSA) is 176 Å². The summed E-state index contributed by atoms with van der Waals surface area (Å²) in [5.74, 6) is -3.15. The summed E-state index contributed by atoms with van der Waals surface area (Å²) in [6, 6.07) is -3.45. The molecule has 0 aromatic heterocycles. The molecule has 2 aliphatic rings. The second-order valence-corrected chi connectivity index (χ2v) is 8.70. The van der Waals surface area contributed by atoms with Gasteiger partial charge in [0.2, 0.25) is 23.6 Å². The van der Waals surface area contributed by atoms with Crippen LogP contribution in [0.15, 0.2) is 0 Å². The van der Waals surface area contributed by atoms with Crippen molar-refractivity contribution < 1.29 is 29.1 Å². The Kier molecular flexibility index (Phi) is 8.99. The lowest BCUT2D eigenvalue weighted by molar-refractivity contribution is -0.148. The van der Waals surface area contributed by atoms with E-state index in [1.807, 2.05) is 6.92 Å². The number of nitrogens with zero attached hydrogens (tertiary/aromatic N) is 2. The van der Waals surface area contributed by atoms with E-state index in [1.165, 1.54) is 9.80 Å². The average molecular weight is 454 g/mol. The summed E-state index contributed by atoms with van der Waals surface area (Å²) < 4.78 is 0. The summed E-state index contributed by atoms with van der Waals surface area (Å²) >= 11 is 0. The molecular weight excluding hydrogens is 418 g/mol. The lowest BCUT2D eigenvalue weighted by atomic mass is 9.98. The maximum absolute atomic E-state index is 13.3. The smallest absolute Gasteiger partial charge is 0.326 e. The fourth-order valence-electron chi connectivity index (χ4n) is 4.35. The van der Waals surface area contributed by atoms with Crippen LogP contribution in [0.25, 0.3) is 0 Å². The minimum absolute atomic E-state index is 0.0192. The van der Waals surface area contributed by atoms with E-state index in [0.717, 1.165) is 0 Å². The third-order valence-corrected chi connectivity index (χ3v) is 6.46. The fraction of sp³-hybridized carbons (Fsp3) is 0.762. The van der Waals surface area contributed by atoms with Crippen molar-refractivity contribution in [3.63, 3.8) is 0 Å². The molecule has 180 valence electrons. The van der Waals surface area contributed by atoms with Crippen molar-refractivity contribution >= 4 is 29.6 Å². The molecule has 0 radical (unpaired) electrons. The zero-order valence-electron chi connectivity index (χ0n) is 18.8. The Morgan fingerprint density at radius 1 is 1.06 bits per heavy atom. The summed E-state index contributed by atoms with van der Waals surface area (Å²) in [5, 5.41) is 12.0. The number of carbonyl (C=O) groups is 5. The first-order valence-corrected chi connectivity index (χ1v) is 11.3. The van der Waals surface area contributed by atoms with E-state index in [1.54, 1.807) is 6.92 Å². The van der Waals surface area contributed by atoms with Crippen molar-refractivity contribution in [1.29, 1.82) is 0 Å². The molecule has 5 unspecified atom stereocenters. The number of aliphatic carboxylic acids is 1. The van der Waals surface area contributed by atoms with Crippen molar-refractivity contribution in [2.45, 2.75) is 83.0 Å². The van der Waals surface area contributed by atoms with Gasteiger partial charge in [-0.3, -0.25) is 19.2 Å². The van der Waals surface area contributed by atoms with Gasteiger partial charge >= 0.3 is 5.97 Å². The van der Waals surface area contributed by atoms with Crippen molar-refractivity contribution in [1.82, 2.24) is 15.1 Å². The van der Waals surface area contributed by atoms with Crippen LogP contribution >= 0.6 is 0 Å². The first-order chi connectivity index (χ1) is 15.1. The molecule has 2 heterocycles. The Bertz CT molecular complexity index is 744. The van der Waals surface area contributed by atoms with Crippen LogP contribution in [0.5, 0.6) is 0 Å². The molecule has 0 aromatic carbocycles. The Morgan fingerprint density at radius 2 is 1.66 bits per heavy atom. The van der Waals surface area contributed by atoms with Crippen molar-refractivity contribution in [2.24, 2.45) is 17.4 Å². The molecule has 2 aliphatic heterocycles. The third-order valence-electron chi connectivity index (χ3n) is 6.46. The standard InChI is InChI=1S/C21H35N5O6/c1-3-12(2)17(21(31)32)24-18(28)14-6-4-10-25(14)20(30)15-7-5-11-26(15)19(29)13(22)8-9-16(23)27/h12-15,17H,3-11,22H2,1-2H3,(H2,23,27)(H,24,28)(H,31,32). The molecule has 4 amide bonds.